The van der Waals surface area contributed by atoms with Crippen LogP contribution >= 0.6 is 0 Å². The Kier molecular flexibility index (Phi) is 104. The van der Waals surface area contributed by atoms with Gasteiger partial charge in [-0.05, 0) is 11.0 Å². The predicted molar refractivity (Wildman–Crippen MR) is 28.4 cm³/mol. The van der Waals surface area contributed by atoms with Crippen molar-refractivity contribution < 1.29 is 36.9 Å². The maximum Gasteiger partial charge on any atom is 0.316 e. The van der Waals surface area contributed by atoms with Gasteiger partial charge in [0, 0.05) is 36.9 Å². The molecule has 0 fully saturated rings. The van der Waals surface area contributed by atoms with E-state index in [2.05, 4.69) is 0 Å². The second-order valence-electron chi connectivity index (χ2n) is 0. The quantitative estimate of drug-likeness (QED) is 0.407. The van der Waals surface area contributed by atoms with Crippen molar-refractivity contribution in [2.45, 2.75) is 0 Å². The van der Waals surface area contributed by atoms with Gasteiger partial charge in [-0.2, -0.15) is 0 Å². The second-order valence-corrected chi connectivity index (χ2v) is 0. The SMILES string of the molecule is [CaH2].[Lu].[MgH2].[SiH4]. The van der Waals surface area contributed by atoms with E-state index in [4.69, 9.17) is 0 Å². The summed E-state index contributed by atoms with van der Waals surface area (Å²) in [5.74, 6) is 0. The fourth-order valence-electron chi connectivity index (χ4n) is 0. The van der Waals surface area contributed by atoms with E-state index in [9.17, 15) is 0 Å². The van der Waals surface area contributed by atoms with E-state index >= 15 is 0 Å². The van der Waals surface area contributed by atoms with Crippen LogP contribution < -0.4 is 0 Å². The van der Waals surface area contributed by atoms with E-state index in [1.54, 1.807) is 0 Å². The van der Waals surface area contributed by atoms with Gasteiger partial charge in [-0.25, -0.2) is 0 Å². The minimum Gasteiger partial charge on any atom is -0.0149 e. The van der Waals surface area contributed by atoms with Gasteiger partial charge in [-0.15, -0.1) is 0 Å². The summed E-state index contributed by atoms with van der Waals surface area (Å²) in [4.78, 5) is 0. The number of rotatable bonds is 0. The molecule has 0 aliphatic heterocycles. The molecule has 4 heavy (non-hydrogen) atoms. The van der Waals surface area contributed by atoms with Gasteiger partial charge in [0.1, 0.15) is 0 Å². The zero-order valence-electron chi connectivity index (χ0n) is 0.258. The van der Waals surface area contributed by atoms with Crippen molar-refractivity contribution in [3.63, 3.8) is 0 Å². The van der Waals surface area contributed by atoms with Crippen LogP contribution in [0.2, 0.25) is 0 Å². The first-order valence-electron chi connectivity index (χ1n) is 0. The monoisotopic (exact) mass is 275 g/mol. The van der Waals surface area contributed by atoms with Crippen molar-refractivity contribution in [2.24, 2.45) is 0 Å². The third-order valence-corrected chi connectivity index (χ3v) is 0. The zero-order valence-corrected chi connectivity index (χ0v) is 1.91. The van der Waals surface area contributed by atoms with E-state index in [0.29, 0.717) is 0 Å². The van der Waals surface area contributed by atoms with Crippen LogP contribution in [0.5, 0.6) is 0 Å². The van der Waals surface area contributed by atoms with Crippen LogP contribution in [0.15, 0.2) is 0 Å². The molecule has 0 amide bonds. The van der Waals surface area contributed by atoms with Crippen molar-refractivity contribution in [3.05, 3.63) is 0 Å². The van der Waals surface area contributed by atoms with Gasteiger partial charge < -0.3 is 0 Å². The molecule has 0 atom stereocenters. The molecule has 0 aliphatic carbocycles. The van der Waals surface area contributed by atoms with E-state index in [1.807, 2.05) is 0 Å². The summed E-state index contributed by atoms with van der Waals surface area (Å²) in [6.45, 7) is 0. The van der Waals surface area contributed by atoms with Crippen LogP contribution in [-0.4, -0.2) is 71.8 Å². The van der Waals surface area contributed by atoms with Gasteiger partial charge in [0.15, 0.2) is 0 Å². The van der Waals surface area contributed by atoms with E-state index in [1.165, 1.54) is 0 Å². The Morgan fingerprint density at radius 2 is 1.00 bits per heavy atom. The van der Waals surface area contributed by atoms with Gasteiger partial charge in [0.05, 0.1) is 0 Å². The second kappa shape index (κ2) is 16.1. The average molecular weight is 276 g/mol. The van der Waals surface area contributed by atoms with Crippen LogP contribution in [-0.2, 0) is 0 Å². The Bertz CT molecular complexity index is 8.00. The minimum absolute atomic E-state index is 0. The maximum atomic E-state index is 0. The molecule has 0 heterocycles. The summed E-state index contributed by atoms with van der Waals surface area (Å²) in [6, 6.07) is 0. The Balaban J connectivity index is 0. The van der Waals surface area contributed by atoms with Crippen LogP contribution in [0.1, 0.15) is 0 Å². The third-order valence-electron chi connectivity index (χ3n) is 0. The molecule has 4 heteroatoms. The van der Waals surface area contributed by atoms with Crippen molar-refractivity contribution in [1.29, 1.82) is 0 Å². The van der Waals surface area contributed by atoms with Crippen LogP contribution in [0, 0.1) is 36.9 Å². The Labute approximate surface area is 106 Å². The molecule has 0 rings (SSSR count). The molecule has 0 aromatic carbocycles. The van der Waals surface area contributed by atoms with Crippen molar-refractivity contribution in [3.8, 4) is 0 Å². The smallest absolute Gasteiger partial charge is 0.0149 e. The normalized spacial score (nSPS) is 0. The van der Waals surface area contributed by atoms with E-state index in [0.717, 1.165) is 0 Å². The van der Waals surface area contributed by atoms with Gasteiger partial charge in [0.25, 0.3) is 0 Å². The average Bonchev–Trinajstić information content (AvgIpc) is 0. The van der Waals surface area contributed by atoms with Crippen molar-refractivity contribution in [2.75, 3.05) is 0 Å². The minimum atomic E-state index is 0. The molecule has 1 radical (unpaired) electrons. The predicted octanol–water partition coefficient (Wildman–Crippen LogP) is -3.28. The fraction of sp³-hybridized carbons (Fsp3) is 0. The zero-order chi connectivity index (χ0) is 0. The van der Waals surface area contributed by atoms with Gasteiger partial charge in [-0.1, -0.05) is 0 Å². The Morgan fingerprint density at radius 3 is 1.00 bits per heavy atom. The summed E-state index contributed by atoms with van der Waals surface area (Å²) in [5, 5.41) is 0. The first-order valence-corrected chi connectivity index (χ1v) is 0. The molecule has 0 aromatic rings. The van der Waals surface area contributed by atoms with Crippen LogP contribution in [0.3, 0.4) is 0 Å². The van der Waals surface area contributed by atoms with E-state index < -0.39 is 0 Å². The molecular weight excluding hydrogens is 267 g/mol. The molecule has 0 saturated heterocycles. The van der Waals surface area contributed by atoms with Gasteiger partial charge in [0.2, 0.25) is 0 Å². The number of hydrogen-bond donors (Lipinski definition) is 0. The van der Waals surface area contributed by atoms with Crippen LogP contribution in [0.4, 0.5) is 0 Å². The molecule has 0 spiro atoms. The molecule has 31 valence electrons. The summed E-state index contributed by atoms with van der Waals surface area (Å²) in [7, 11) is 0. The Hall–Kier alpha value is 3.48. The summed E-state index contributed by atoms with van der Waals surface area (Å²) in [5.41, 5.74) is 0. The summed E-state index contributed by atoms with van der Waals surface area (Å²) < 4.78 is 0. The largest absolute Gasteiger partial charge is 0.316 e. The molecule has 0 saturated carbocycles. The molecule has 0 aliphatic rings. The molecule has 0 aromatic heterocycles. The molecular formula is H8CaLuMgSi. The fourth-order valence-corrected chi connectivity index (χ4v) is 0. The molecule has 0 nitrogen and oxygen atoms in total. The molecule has 0 unspecified atom stereocenters. The van der Waals surface area contributed by atoms with Gasteiger partial charge >= 0.3 is 60.8 Å². The molecule has 0 bridgehead atoms. The van der Waals surface area contributed by atoms with Gasteiger partial charge in [-0.3, -0.25) is 0 Å². The standard InChI is InChI=1S/Ca.Lu.Mg.H4Si.4H/h;;;1H4;;;;. The first kappa shape index (κ1) is 25.9. The number of hydrogen-bond acceptors (Lipinski definition) is 0. The summed E-state index contributed by atoms with van der Waals surface area (Å²) in [6.07, 6.45) is 0. The molecule has 0 N–H and O–H groups in total. The van der Waals surface area contributed by atoms with Crippen molar-refractivity contribution in [1.82, 2.24) is 0 Å². The maximum absolute atomic E-state index is 0. The van der Waals surface area contributed by atoms with E-state index in [-0.39, 0.29) is 109 Å². The third kappa shape index (κ3) is 9.08. The van der Waals surface area contributed by atoms with Crippen LogP contribution in [0.25, 0.3) is 0 Å². The Morgan fingerprint density at radius 1 is 1.00 bits per heavy atom. The summed E-state index contributed by atoms with van der Waals surface area (Å²) >= 11 is 0. The topological polar surface area (TPSA) is 0 Å². The van der Waals surface area contributed by atoms with Crippen molar-refractivity contribution >= 4 is 71.8 Å². The first-order chi connectivity index (χ1) is 0.